The standard InChI is InChI=1S/C15H28N2O3S/c1-5-8-10-17(7-3)21(18,19)15-11-14(20-13(15)4)12-16-9-6-2/h11,16H,5-10,12H2,1-4H3. The molecular weight excluding hydrogens is 288 g/mol. The molecule has 1 rings (SSSR count). The number of hydrogen-bond donors (Lipinski definition) is 1. The molecule has 0 aliphatic rings. The summed E-state index contributed by atoms with van der Waals surface area (Å²) in [6.07, 6.45) is 2.88. The lowest BCUT2D eigenvalue weighted by Crippen LogP contribution is -2.32. The van der Waals surface area contributed by atoms with Gasteiger partial charge < -0.3 is 9.73 Å². The van der Waals surface area contributed by atoms with E-state index >= 15 is 0 Å². The van der Waals surface area contributed by atoms with Crippen molar-refractivity contribution in [3.63, 3.8) is 0 Å². The van der Waals surface area contributed by atoms with E-state index in [4.69, 9.17) is 4.42 Å². The van der Waals surface area contributed by atoms with E-state index in [0.29, 0.717) is 36.1 Å². The molecule has 21 heavy (non-hydrogen) atoms. The minimum atomic E-state index is -3.45. The van der Waals surface area contributed by atoms with E-state index in [-0.39, 0.29) is 0 Å². The van der Waals surface area contributed by atoms with Crippen LogP contribution in [0.5, 0.6) is 0 Å². The van der Waals surface area contributed by atoms with Gasteiger partial charge >= 0.3 is 0 Å². The molecule has 5 nitrogen and oxygen atoms in total. The van der Waals surface area contributed by atoms with Crippen LogP contribution >= 0.6 is 0 Å². The van der Waals surface area contributed by atoms with Crippen LogP contribution in [0, 0.1) is 6.92 Å². The topological polar surface area (TPSA) is 62.6 Å². The van der Waals surface area contributed by atoms with Gasteiger partial charge in [-0.25, -0.2) is 8.42 Å². The third kappa shape index (κ3) is 4.83. The van der Waals surface area contributed by atoms with Gasteiger partial charge in [-0.3, -0.25) is 0 Å². The van der Waals surface area contributed by atoms with Gasteiger partial charge in [0.1, 0.15) is 16.4 Å². The molecule has 0 amide bonds. The van der Waals surface area contributed by atoms with Crippen LogP contribution in [0.25, 0.3) is 0 Å². The molecule has 1 aromatic rings. The van der Waals surface area contributed by atoms with Crippen molar-refractivity contribution in [1.29, 1.82) is 0 Å². The molecular formula is C15H28N2O3S. The largest absolute Gasteiger partial charge is 0.464 e. The number of rotatable bonds is 10. The highest BCUT2D eigenvalue weighted by molar-refractivity contribution is 7.89. The number of unbranched alkanes of at least 4 members (excludes halogenated alkanes) is 1. The molecule has 122 valence electrons. The molecule has 0 aliphatic carbocycles. The number of nitrogens with zero attached hydrogens (tertiary/aromatic N) is 1. The van der Waals surface area contributed by atoms with Crippen LogP contribution in [-0.2, 0) is 16.6 Å². The minimum absolute atomic E-state index is 0.300. The summed E-state index contributed by atoms with van der Waals surface area (Å²) in [7, 11) is -3.45. The molecule has 1 N–H and O–H groups in total. The fourth-order valence-corrected chi connectivity index (χ4v) is 3.85. The third-order valence-electron chi connectivity index (χ3n) is 3.38. The quantitative estimate of drug-likeness (QED) is 0.674. The summed E-state index contributed by atoms with van der Waals surface area (Å²) in [4.78, 5) is 0.300. The molecule has 6 heteroatoms. The zero-order valence-electron chi connectivity index (χ0n) is 13.6. The summed E-state index contributed by atoms with van der Waals surface area (Å²) < 4.78 is 32.5. The van der Waals surface area contributed by atoms with Crippen molar-refractivity contribution < 1.29 is 12.8 Å². The van der Waals surface area contributed by atoms with Gasteiger partial charge in [0, 0.05) is 19.2 Å². The van der Waals surface area contributed by atoms with Gasteiger partial charge in [-0.1, -0.05) is 27.2 Å². The van der Waals surface area contributed by atoms with E-state index in [2.05, 4.69) is 19.2 Å². The molecule has 0 radical (unpaired) electrons. The molecule has 0 aromatic carbocycles. The van der Waals surface area contributed by atoms with Gasteiger partial charge in [-0.05, 0) is 26.3 Å². The normalized spacial score (nSPS) is 12.2. The summed E-state index contributed by atoms with van der Waals surface area (Å²) in [6, 6.07) is 1.65. The maximum absolute atomic E-state index is 12.7. The molecule has 1 aromatic heterocycles. The summed E-state index contributed by atoms with van der Waals surface area (Å²) in [5.41, 5.74) is 0. The Morgan fingerprint density at radius 2 is 1.95 bits per heavy atom. The van der Waals surface area contributed by atoms with Gasteiger partial charge in [0.2, 0.25) is 10.0 Å². The average molecular weight is 316 g/mol. The van der Waals surface area contributed by atoms with Gasteiger partial charge in [-0.15, -0.1) is 0 Å². The zero-order valence-corrected chi connectivity index (χ0v) is 14.4. The zero-order chi connectivity index (χ0) is 15.9. The van der Waals surface area contributed by atoms with E-state index in [9.17, 15) is 8.42 Å². The van der Waals surface area contributed by atoms with E-state index in [0.717, 1.165) is 25.8 Å². The van der Waals surface area contributed by atoms with Crippen molar-refractivity contribution in [2.75, 3.05) is 19.6 Å². The molecule has 0 aliphatic heterocycles. The predicted octanol–water partition coefficient (Wildman–Crippen LogP) is 2.90. The average Bonchev–Trinajstić information content (AvgIpc) is 2.81. The fourth-order valence-electron chi connectivity index (χ4n) is 2.18. The van der Waals surface area contributed by atoms with Gasteiger partial charge in [0.15, 0.2) is 0 Å². The highest BCUT2D eigenvalue weighted by Crippen LogP contribution is 2.24. The fraction of sp³-hybridized carbons (Fsp3) is 0.733. The second-order valence-corrected chi connectivity index (χ2v) is 7.07. The number of aryl methyl sites for hydroxylation is 1. The third-order valence-corrected chi connectivity index (χ3v) is 5.46. The van der Waals surface area contributed by atoms with Crippen molar-refractivity contribution in [2.45, 2.75) is 58.4 Å². The number of furan rings is 1. The van der Waals surface area contributed by atoms with Crippen LogP contribution in [0.1, 0.15) is 51.6 Å². The van der Waals surface area contributed by atoms with Gasteiger partial charge in [-0.2, -0.15) is 4.31 Å². The summed E-state index contributed by atoms with van der Waals surface area (Å²) in [5, 5.41) is 3.22. The van der Waals surface area contributed by atoms with Crippen LogP contribution in [0.4, 0.5) is 0 Å². The predicted molar refractivity (Wildman–Crippen MR) is 84.8 cm³/mol. The smallest absolute Gasteiger partial charge is 0.246 e. The molecule has 0 spiro atoms. The van der Waals surface area contributed by atoms with E-state index in [1.54, 1.807) is 13.0 Å². The molecule has 0 atom stereocenters. The highest BCUT2D eigenvalue weighted by atomic mass is 32.2. The lowest BCUT2D eigenvalue weighted by molar-refractivity contribution is 0.415. The maximum atomic E-state index is 12.7. The van der Waals surface area contributed by atoms with Crippen LogP contribution in [0.2, 0.25) is 0 Å². The minimum Gasteiger partial charge on any atom is -0.464 e. The highest BCUT2D eigenvalue weighted by Gasteiger charge is 2.27. The van der Waals surface area contributed by atoms with Gasteiger partial charge in [0.25, 0.3) is 0 Å². The van der Waals surface area contributed by atoms with E-state index in [1.807, 2.05) is 6.92 Å². The van der Waals surface area contributed by atoms with Crippen molar-refractivity contribution in [2.24, 2.45) is 0 Å². The maximum Gasteiger partial charge on any atom is 0.246 e. The second kappa shape index (κ2) is 8.56. The van der Waals surface area contributed by atoms with Crippen molar-refractivity contribution >= 4 is 10.0 Å². The first-order valence-corrected chi connectivity index (χ1v) is 9.21. The Hall–Kier alpha value is -0.850. The number of sulfonamides is 1. The van der Waals surface area contributed by atoms with Crippen molar-refractivity contribution in [3.8, 4) is 0 Å². The first-order valence-electron chi connectivity index (χ1n) is 7.77. The monoisotopic (exact) mass is 316 g/mol. The Labute approximate surface area is 128 Å². The van der Waals surface area contributed by atoms with Crippen molar-refractivity contribution in [3.05, 3.63) is 17.6 Å². The van der Waals surface area contributed by atoms with Crippen molar-refractivity contribution in [1.82, 2.24) is 9.62 Å². The molecule has 0 saturated carbocycles. The molecule has 0 fully saturated rings. The van der Waals surface area contributed by atoms with Gasteiger partial charge in [0.05, 0.1) is 6.54 Å². The lowest BCUT2D eigenvalue weighted by Gasteiger charge is -2.19. The molecule has 0 unspecified atom stereocenters. The Morgan fingerprint density at radius 3 is 2.52 bits per heavy atom. The number of nitrogens with one attached hydrogen (secondary N) is 1. The SMILES string of the molecule is CCCCN(CC)S(=O)(=O)c1cc(CNCCC)oc1C. The Balaban J connectivity index is 2.91. The first kappa shape index (κ1) is 18.2. The van der Waals surface area contributed by atoms with Crippen LogP contribution in [0.15, 0.2) is 15.4 Å². The summed E-state index contributed by atoms with van der Waals surface area (Å²) in [6.45, 7) is 10.2. The van der Waals surface area contributed by atoms with Crippen LogP contribution < -0.4 is 5.32 Å². The Bertz CT molecular complexity index is 523. The summed E-state index contributed by atoms with van der Waals surface area (Å²) >= 11 is 0. The summed E-state index contributed by atoms with van der Waals surface area (Å²) in [5.74, 6) is 1.14. The second-order valence-electron chi connectivity index (χ2n) is 5.16. The molecule has 0 bridgehead atoms. The van der Waals surface area contributed by atoms with E-state index in [1.165, 1.54) is 4.31 Å². The number of hydrogen-bond acceptors (Lipinski definition) is 4. The lowest BCUT2D eigenvalue weighted by atomic mass is 10.3. The molecule has 1 heterocycles. The van der Waals surface area contributed by atoms with E-state index < -0.39 is 10.0 Å². The first-order chi connectivity index (χ1) is 9.97. The Kier molecular flexibility index (Phi) is 7.42. The Morgan fingerprint density at radius 1 is 1.24 bits per heavy atom. The molecule has 0 saturated heterocycles. The van der Waals surface area contributed by atoms with Crippen LogP contribution in [0.3, 0.4) is 0 Å². The van der Waals surface area contributed by atoms with Crippen LogP contribution in [-0.4, -0.2) is 32.4 Å².